The number of nitrogens with zero attached hydrogens (tertiary/aromatic N) is 5. The van der Waals surface area contributed by atoms with E-state index in [2.05, 4.69) is 43.2 Å². The summed E-state index contributed by atoms with van der Waals surface area (Å²) in [6.07, 6.45) is 6.37. The van der Waals surface area contributed by atoms with E-state index < -0.39 is 0 Å². The molecule has 2 aromatic heterocycles. The van der Waals surface area contributed by atoms with Gasteiger partial charge < -0.3 is 14.7 Å². The summed E-state index contributed by atoms with van der Waals surface area (Å²) in [4.78, 5) is 13.3. The van der Waals surface area contributed by atoms with Crippen molar-refractivity contribution in [2.45, 2.75) is 19.9 Å². The van der Waals surface area contributed by atoms with Crippen LogP contribution in [0.3, 0.4) is 0 Å². The Bertz CT molecular complexity index is 677. The molecular formula is C18H26N6O. The lowest BCUT2D eigenvalue weighted by molar-refractivity contribution is 0.169. The van der Waals surface area contributed by atoms with Gasteiger partial charge in [-0.2, -0.15) is 0 Å². The highest BCUT2D eigenvalue weighted by Crippen LogP contribution is 2.08. The molecular weight excluding hydrogens is 316 g/mol. The molecule has 1 aliphatic rings. The molecule has 3 heterocycles. The number of pyridine rings is 1. The molecule has 2 aromatic rings. The molecule has 7 heteroatoms. The van der Waals surface area contributed by atoms with Crippen molar-refractivity contribution in [1.82, 2.24) is 25.3 Å². The van der Waals surface area contributed by atoms with Crippen molar-refractivity contribution in [2.24, 2.45) is 4.99 Å². The molecule has 0 aromatic carbocycles. The normalized spacial score (nSPS) is 16.2. The first-order valence-corrected chi connectivity index (χ1v) is 8.73. The molecule has 0 radical (unpaired) electrons. The Labute approximate surface area is 148 Å². The van der Waals surface area contributed by atoms with E-state index >= 15 is 0 Å². The number of guanidine groups is 1. The molecule has 3 rings (SSSR count). The third kappa shape index (κ3) is 4.79. The van der Waals surface area contributed by atoms with Gasteiger partial charge >= 0.3 is 0 Å². The zero-order valence-corrected chi connectivity index (χ0v) is 15.0. The lowest BCUT2D eigenvalue weighted by atomic mass is 10.1. The van der Waals surface area contributed by atoms with E-state index in [1.807, 2.05) is 25.5 Å². The van der Waals surface area contributed by atoms with Gasteiger partial charge in [0.15, 0.2) is 5.96 Å². The van der Waals surface area contributed by atoms with E-state index in [0.717, 1.165) is 57.3 Å². The Balaban J connectivity index is 1.44. The maximum absolute atomic E-state index is 4.90. The van der Waals surface area contributed by atoms with Crippen LogP contribution in [0.4, 0.5) is 0 Å². The first-order chi connectivity index (χ1) is 12.3. The van der Waals surface area contributed by atoms with E-state index in [-0.39, 0.29) is 0 Å². The molecule has 0 saturated carbocycles. The third-order valence-electron chi connectivity index (χ3n) is 4.57. The van der Waals surface area contributed by atoms with Crippen molar-refractivity contribution < 1.29 is 4.52 Å². The van der Waals surface area contributed by atoms with Crippen LogP contribution in [-0.4, -0.2) is 65.7 Å². The monoisotopic (exact) mass is 342 g/mol. The zero-order valence-electron chi connectivity index (χ0n) is 15.0. The molecule has 0 atom stereocenters. The second-order valence-corrected chi connectivity index (χ2v) is 6.28. The summed E-state index contributed by atoms with van der Waals surface area (Å²) in [6, 6.07) is 4.01. The van der Waals surface area contributed by atoms with Crippen molar-refractivity contribution >= 4 is 5.96 Å². The van der Waals surface area contributed by atoms with Gasteiger partial charge in [-0.3, -0.25) is 14.9 Å². The molecule has 0 amide bonds. The molecule has 0 spiro atoms. The van der Waals surface area contributed by atoms with Crippen LogP contribution >= 0.6 is 0 Å². The van der Waals surface area contributed by atoms with Crippen molar-refractivity contribution in [3.63, 3.8) is 0 Å². The van der Waals surface area contributed by atoms with Crippen LogP contribution in [0.1, 0.15) is 16.8 Å². The number of aryl methyl sites for hydroxylation is 1. The lowest BCUT2D eigenvalue weighted by Crippen LogP contribution is -2.52. The molecule has 0 unspecified atom stereocenters. The van der Waals surface area contributed by atoms with Gasteiger partial charge in [0.05, 0.1) is 5.69 Å². The average molecular weight is 342 g/mol. The van der Waals surface area contributed by atoms with Crippen molar-refractivity contribution in [2.75, 3.05) is 39.8 Å². The highest BCUT2D eigenvalue weighted by Gasteiger charge is 2.20. The molecule has 1 N–H and O–H groups in total. The molecule has 1 aliphatic heterocycles. The first-order valence-electron chi connectivity index (χ1n) is 8.73. The molecule has 0 bridgehead atoms. The highest BCUT2D eigenvalue weighted by atomic mass is 16.5. The van der Waals surface area contributed by atoms with Crippen molar-refractivity contribution in [3.05, 3.63) is 47.6 Å². The Morgan fingerprint density at radius 1 is 1.28 bits per heavy atom. The van der Waals surface area contributed by atoms with E-state index in [9.17, 15) is 0 Å². The van der Waals surface area contributed by atoms with Gasteiger partial charge in [0, 0.05) is 64.8 Å². The second kappa shape index (κ2) is 8.62. The Kier molecular flexibility index (Phi) is 6.00. The van der Waals surface area contributed by atoms with Gasteiger partial charge in [-0.1, -0.05) is 5.16 Å². The minimum Gasteiger partial charge on any atom is -0.364 e. The lowest BCUT2D eigenvalue weighted by Gasteiger charge is -2.36. The maximum Gasteiger partial charge on any atom is 0.193 e. The number of hydrogen-bond acceptors (Lipinski definition) is 5. The van der Waals surface area contributed by atoms with Crippen LogP contribution in [0.2, 0.25) is 0 Å². The van der Waals surface area contributed by atoms with Gasteiger partial charge in [-0.05, 0) is 30.5 Å². The summed E-state index contributed by atoms with van der Waals surface area (Å²) >= 11 is 0. The molecule has 1 saturated heterocycles. The minimum atomic E-state index is 0.845. The Morgan fingerprint density at radius 2 is 2.12 bits per heavy atom. The highest BCUT2D eigenvalue weighted by molar-refractivity contribution is 5.80. The first kappa shape index (κ1) is 17.4. The van der Waals surface area contributed by atoms with Crippen LogP contribution in [0.5, 0.6) is 0 Å². The van der Waals surface area contributed by atoms with Crippen LogP contribution in [0.15, 0.2) is 40.3 Å². The van der Waals surface area contributed by atoms with E-state index in [0.29, 0.717) is 0 Å². The standard InChI is InChI=1S/C18H26N6O/c1-15-13-20-6-3-16(15)4-7-21-18(19-2)24-10-8-23(9-11-24)14-17-5-12-25-22-17/h3,5-6,12-13H,4,7-11,14H2,1-2H3,(H,19,21). The van der Waals surface area contributed by atoms with Crippen LogP contribution in [0, 0.1) is 6.92 Å². The fraction of sp³-hybridized carbons (Fsp3) is 0.500. The number of hydrogen-bond donors (Lipinski definition) is 1. The fourth-order valence-corrected chi connectivity index (χ4v) is 3.09. The van der Waals surface area contributed by atoms with Gasteiger partial charge in [0.1, 0.15) is 6.26 Å². The predicted molar refractivity (Wildman–Crippen MR) is 97.4 cm³/mol. The van der Waals surface area contributed by atoms with E-state index in [4.69, 9.17) is 4.52 Å². The summed E-state index contributed by atoms with van der Waals surface area (Å²) in [5, 5.41) is 7.47. The molecule has 7 nitrogen and oxygen atoms in total. The zero-order chi connectivity index (χ0) is 17.5. The van der Waals surface area contributed by atoms with Crippen LogP contribution in [-0.2, 0) is 13.0 Å². The van der Waals surface area contributed by atoms with Gasteiger partial charge in [0.25, 0.3) is 0 Å². The van der Waals surface area contributed by atoms with E-state index in [1.54, 1.807) is 6.26 Å². The summed E-state index contributed by atoms with van der Waals surface area (Å²) in [6.45, 7) is 7.74. The van der Waals surface area contributed by atoms with Crippen LogP contribution < -0.4 is 5.32 Å². The summed E-state index contributed by atoms with van der Waals surface area (Å²) < 4.78 is 4.90. The fourth-order valence-electron chi connectivity index (χ4n) is 3.09. The molecule has 0 aliphatic carbocycles. The van der Waals surface area contributed by atoms with Gasteiger partial charge in [-0.15, -0.1) is 0 Å². The number of nitrogens with one attached hydrogen (secondary N) is 1. The largest absolute Gasteiger partial charge is 0.364 e. The van der Waals surface area contributed by atoms with Gasteiger partial charge in [0.2, 0.25) is 0 Å². The van der Waals surface area contributed by atoms with Crippen molar-refractivity contribution in [1.29, 1.82) is 0 Å². The second-order valence-electron chi connectivity index (χ2n) is 6.28. The predicted octanol–water partition coefficient (Wildman–Crippen LogP) is 1.31. The maximum atomic E-state index is 4.90. The molecule has 1 fully saturated rings. The number of aliphatic imine (C=N–C) groups is 1. The number of piperazine rings is 1. The van der Waals surface area contributed by atoms with E-state index in [1.165, 1.54) is 11.1 Å². The Morgan fingerprint density at radius 3 is 2.80 bits per heavy atom. The number of rotatable bonds is 5. The summed E-state index contributed by atoms with van der Waals surface area (Å²) in [5.74, 6) is 0.979. The van der Waals surface area contributed by atoms with Gasteiger partial charge in [-0.25, -0.2) is 0 Å². The smallest absolute Gasteiger partial charge is 0.193 e. The average Bonchev–Trinajstić information content (AvgIpc) is 3.14. The summed E-state index contributed by atoms with van der Waals surface area (Å²) in [5.41, 5.74) is 3.56. The SMILES string of the molecule is CN=C(NCCc1ccncc1C)N1CCN(Cc2ccon2)CC1. The minimum absolute atomic E-state index is 0.845. The third-order valence-corrected chi connectivity index (χ3v) is 4.57. The quantitative estimate of drug-likeness (QED) is 0.653. The Hall–Kier alpha value is -2.41. The van der Waals surface area contributed by atoms with Crippen LogP contribution in [0.25, 0.3) is 0 Å². The molecule has 25 heavy (non-hydrogen) atoms. The topological polar surface area (TPSA) is 69.8 Å². The molecule has 134 valence electrons. The number of aromatic nitrogens is 2. The van der Waals surface area contributed by atoms with Crippen molar-refractivity contribution in [3.8, 4) is 0 Å². The summed E-state index contributed by atoms with van der Waals surface area (Å²) in [7, 11) is 1.85.